The molecule has 0 aliphatic carbocycles. The average molecular weight is 353 g/mol. The van der Waals surface area contributed by atoms with E-state index in [1.54, 1.807) is 0 Å². The van der Waals surface area contributed by atoms with Gasteiger partial charge in [-0.25, -0.2) is 4.79 Å². The summed E-state index contributed by atoms with van der Waals surface area (Å²) in [6, 6.07) is 0. The van der Waals surface area contributed by atoms with E-state index in [0.717, 1.165) is 31.4 Å². The van der Waals surface area contributed by atoms with Gasteiger partial charge in [-0.3, -0.25) is 8.75 Å². The van der Waals surface area contributed by atoms with Crippen LogP contribution in [0.2, 0.25) is 0 Å². The Morgan fingerprint density at radius 3 is 2.79 bits per heavy atom. The van der Waals surface area contributed by atoms with E-state index >= 15 is 0 Å². The molecule has 1 fully saturated rings. The lowest BCUT2D eigenvalue weighted by molar-refractivity contribution is -0.141. The van der Waals surface area contributed by atoms with E-state index in [-0.39, 0.29) is 11.5 Å². The molecular formula is C17H27N3O3S. The van der Waals surface area contributed by atoms with Gasteiger partial charge < -0.3 is 10.1 Å². The van der Waals surface area contributed by atoms with Crippen molar-refractivity contribution in [3.05, 3.63) is 16.4 Å². The van der Waals surface area contributed by atoms with E-state index in [2.05, 4.69) is 48.2 Å². The number of aryl methyl sites for hydroxylation is 1. The Hall–Kier alpha value is -1.47. The van der Waals surface area contributed by atoms with Gasteiger partial charge in [0.25, 0.3) is 0 Å². The van der Waals surface area contributed by atoms with E-state index in [4.69, 9.17) is 4.74 Å². The van der Waals surface area contributed by atoms with Crippen molar-refractivity contribution in [1.82, 2.24) is 9.27 Å². The van der Waals surface area contributed by atoms with Crippen LogP contribution in [0.15, 0.2) is 11.2 Å². The van der Waals surface area contributed by atoms with Gasteiger partial charge in [0.15, 0.2) is 0 Å². The predicted octanol–water partition coefficient (Wildman–Crippen LogP) is 2.82. The Bertz CT molecular complexity index is 649. The van der Waals surface area contributed by atoms with E-state index < -0.39 is 12.1 Å². The number of aromatic nitrogens is 1. The highest BCUT2D eigenvalue weighted by Gasteiger charge is 2.26. The number of amides is 1. The van der Waals surface area contributed by atoms with Crippen LogP contribution in [-0.4, -0.2) is 29.1 Å². The zero-order valence-corrected chi connectivity index (χ0v) is 15.7. The molecule has 2 heterocycles. The zero-order chi connectivity index (χ0) is 17.7. The van der Waals surface area contributed by atoms with Crippen molar-refractivity contribution in [3.63, 3.8) is 0 Å². The number of unbranched alkanes of at least 4 members (excludes halogenated alkanes) is 1. The van der Waals surface area contributed by atoms with E-state index in [1.165, 1.54) is 11.5 Å². The monoisotopic (exact) mass is 353 g/mol. The number of nitrogens with one attached hydrogen (secondary N) is 1. The molecule has 134 valence electrons. The molecule has 1 atom stereocenters. The molecule has 1 amide bonds. The molecule has 1 saturated heterocycles. The van der Waals surface area contributed by atoms with Crippen LogP contribution in [0.3, 0.4) is 0 Å². The van der Waals surface area contributed by atoms with Crippen LogP contribution in [-0.2, 0) is 21.5 Å². The number of rotatable bonds is 4. The smallest absolute Gasteiger partial charge is 0.374 e. The third-order valence-electron chi connectivity index (χ3n) is 3.97. The number of hydrogen-bond donors (Lipinski definition) is 1. The van der Waals surface area contributed by atoms with Gasteiger partial charge in [-0.15, -0.1) is 0 Å². The lowest BCUT2D eigenvalue weighted by Gasteiger charge is -2.19. The SMILES string of the molecule is CCCCc1cn(C(C)(C)C)sc1=NC(=O)OC(=O)C1CCNC1. The second-order valence-corrected chi connectivity index (χ2v) is 8.10. The molecule has 1 aromatic heterocycles. The summed E-state index contributed by atoms with van der Waals surface area (Å²) in [5.41, 5.74) is 0.956. The maximum atomic E-state index is 12.0. The van der Waals surface area contributed by atoms with Crippen LogP contribution in [0.1, 0.15) is 52.5 Å². The van der Waals surface area contributed by atoms with Gasteiger partial charge in [-0.05, 0) is 58.1 Å². The molecule has 2 rings (SSSR count). The molecule has 1 aliphatic rings. The molecule has 0 radical (unpaired) electrons. The molecule has 24 heavy (non-hydrogen) atoms. The highest BCUT2D eigenvalue weighted by molar-refractivity contribution is 7.04. The number of carbonyl (C=O) groups excluding carboxylic acids is 2. The van der Waals surface area contributed by atoms with Gasteiger partial charge in [0.2, 0.25) is 0 Å². The molecule has 1 N–H and O–H groups in total. The van der Waals surface area contributed by atoms with Gasteiger partial charge in [-0.2, -0.15) is 4.99 Å². The van der Waals surface area contributed by atoms with Gasteiger partial charge >= 0.3 is 12.1 Å². The molecule has 7 heteroatoms. The Morgan fingerprint density at radius 2 is 2.21 bits per heavy atom. The second kappa shape index (κ2) is 8.07. The van der Waals surface area contributed by atoms with Crippen molar-refractivity contribution in [2.24, 2.45) is 10.9 Å². The molecule has 6 nitrogen and oxygen atoms in total. The van der Waals surface area contributed by atoms with Gasteiger partial charge in [-0.1, -0.05) is 13.3 Å². The third-order valence-corrected chi connectivity index (χ3v) is 5.34. The summed E-state index contributed by atoms with van der Waals surface area (Å²) in [4.78, 5) is 28.0. The molecule has 0 bridgehead atoms. The summed E-state index contributed by atoms with van der Waals surface area (Å²) in [6.45, 7) is 9.78. The third kappa shape index (κ3) is 5.01. The Labute approximate surface area is 147 Å². The Balaban J connectivity index is 2.17. The first-order chi connectivity index (χ1) is 11.3. The fourth-order valence-corrected chi connectivity index (χ4v) is 3.49. The fourth-order valence-electron chi connectivity index (χ4n) is 2.47. The fraction of sp³-hybridized carbons (Fsp3) is 0.706. The average Bonchev–Trinajstić information content (AvgIpc) is 3.14. The van der Waals surface area contributed by atoms with Crippen molar-refractivity contribution in [2.75, 3.05) is 13.1 Å². The second-order valence-electron chi connectivity index (χ2n) is 7.14. The minimum absolute atomic E-state index is 0.0748. The first-order valence-electron chi connectivity index (χ1n) is 8.54. The van der Waals surface area contributed by atoms with Crippen molar-refractivity contribution in [2.45, 2.75) is 58.9 Å². The first kappa shape index (κ1) is 18.9. The van der Waals surface area contributed by atoms with Crippen molar-refractivity contribution in [3.8, 4) is 0 Å². The molecule has 0 spiro atoms. The van der Waals surface area contributed by atoms with Crippen LogP contribution in [0.5, 0.6) is 0 Å². The number of ether oxygens (including phenoxy) is 1. The highest BCUT2D eigenvalue weighted by Crippen LogP contribution is 2.18. The van der Waals surface area contributed by atoms with Crippen molar-refractivity contribution in [1.29, 1.82) is 0 Å². The summed E-state index contributed by atoms with van der Waals surface area (Å²) in [6.07, 6.45) is 4.91. The van der Waals surface area contributed by atoms with Gasteiger partial charge in [0.05, 0.1) is 5.92 Å². The topological polar surface area (TPSA) is 72.7 Å². The maximum absolute atomic E-state index is 12.0. The summed E-state index contributed by atoms with van der Waals surface area (Å²) >= 11 is 1.43. The number of esters is 1. The predicted molar refractivity (Wildman–Crippen MR) is 93.9 cm³/mol. The number of hydrogen-bond acceptors (Lipinski definition) is 5. The Kier molecular flexibility index (Phi) is 6.34. The number of carbonyl (C=O) groups is 2. The van der Waals surface area contributed by atoms with E-state index in [9.17, 15) is 9.59 Å². The minimum atomic E-state index is -0.812. The van der Waals surface area contributed by atoms with Crippen LogP contribution >= 0.6 is 11.5 Å². The Morgan fingerprint density at radius 1 is 1.46 bits per heavy atom. The van der Waals surface area contributed by atoms with Crippen molar-refractivity contribution >= 4 is 23.6 Å². The summed E-state index contributed by atoms with van der Waals surface area (Å²) in [5.74, 6) is -0.726. The highest BCUT2D eigenvalue weighted by atomic mass is 32.1. The van der Waals surface area contributed by atoms with Crippen molar-refractivity contribution < 1.29 is 14.3 Å². The van der Waals surface area contributed by atoms with Crippen LogP contribution in [0, 0.1) is 5.92 Å². The maximum Gasteiger partial charge on any atom is 0.442 e. The lowest BCUT2D eigenvalue weighted by atomic mass is 10.1. The first-order valence-corrected chi connectivity index (χ1v) is 9.32. The molecule has 1 aliphatic heterocycles. The van der Waals surface area contributed by atoms with Crippen LogP contribution < -0.4 is 9.99 Å². The van der Waals surface area contributed by atoms with Crippen LogP contribution in [0.25, 0.3) is 0 Å². The molecule has 0 saturated carbocycles. The molecule has 1 unspecified atom stereocenters. The number of nitrogens with zero attached hydrogens (tertiary/aromatic N) is 2. The molecular weight excluding hydrogens is 326 g/mol. The lowest BCUT2D eigenvalue weighted by Crippen LogP contribution is -2.23. The van der Waals surface area contributed by atoms with Gasteiger partial charge in [0.1, 0.15) is 4.67 Å². The van der Waals surface area contributed by atoms with Crippen LogP contribution in [0.4, 0.5) is 4.79 Å². The normalized spacial score (nSPS) is 18.8. The molecule has 0 aromatic carbocycles. The quantitative estimate of drug-likeness (QED) is 0.667. The van der Waals surface area contributed by atoms with Gasteiger partial charge in [0, 0.05) is 23.8 Å². The minimum Gasteiger partial charge on any atom is -0.374 e. The summed E-state index contributed by atoms with van der Waals surface area (Å²) in [7, 11) is 0. The summed E-state index contributed by atoms with van der Waals surface area (Å²) in [5, 5.41) is 3.08. The zero-order valence-electron chi connectivity index (χ0n) is 14.9. The van der Waals surface area contributed by atoms with E-state index in [0.29, 0.717) is 17.6 Å². The largest absolute Gasteiger partial charge is 0.442 e. The summed E-state index contributed by atoms with van der Waals surface area (Å²) < 4.78 is 7.64. The molecule has 1 aromatic rings. The van der Waals surface area contributed by atoms with E-state index in [1.807, 2.05) is 0 Å². The standard InChI is InChI=1S/C17H27N3O3S/c1-5-6-7-13-11-20(17(2,3)4)24-14(13)19-16(22)23-15(21)12-8-9-18-10-12/h11-12,18H,5-10H2,1-4H3.